The van der Waals surface area contributed by atoms with Crippen molar-refractivity contribution >= 4 is 22.6 Å². The Labute approximate surface area is 134 Å². The summed E-state index contributed by atoms with van der Waals surface area (Å²) in [5.74, 6) is -0.729. The van der Waals surface area contributed by atoms with Gasteiger partial charge in [0.1, 0.15) is 11.4 Å². The van der Waals surface area contributed by atoms with Gasteiger partial charge < -0.3 is 14.6 Å². The molecule has 0 aliphatic rings. The molecule has 0 atom stereocenters. The lowest BCUT2D eigenvalue weighted by Crippen LogP contribution is -2.17. The number of benzene rings is 1. The fourth-order valence-corrected chi connectivity index (χ4v) is 2.33. The number of anilines is 1. The maximum Gasteiger partial charge on any atom is 0.573 e. The largest absolute Gasteiger partial charge is 0.573 e. The van der Waals surface area contributed by atoms with Gasteiger partial charge in [-0.05, 0) is 36.4 Å². The molecule has 0 saturated carbocycles. The molecule has 1 N–H and O–H groups in total. The lowest BCUT2D eigenvalue weighted by molar-refractivity contribution is -0.274. The highest BCUT2D eigenvalue weighted by Gasteiger charge is 2.31. The Bertz CT molecular complexity index is 886. The van der Waals surface area contributed by atoms with Crippen LogP contribution in [-0.4, -0.2) is 21.8 Å². The van der Waals surface area contributed by atoms with Crippen molar-refractivity contribution in [3.63, 3.8) is 0 Å². The number of carbonyl (C=O) groups is 1. The van der Waals surface area contributed by atoms with Gasteiger partial charge in [-0.2, -0.15) is 0 Å². The second-order valence-electron chi connectivity index (χ2n) is 5.05. The van der Waals surface area contributed by atoms with Crippen LogP contribution < -0.4 is 10.1 Å². The summed E-state index contributed by atoms with van der Waals surface area (Å²) in [7, 11) is 1.77. The van der Waals surface area contributed by atoms with Crippen LogP contribution in [-0.2, 0) is 7.05 Å². The van der Waals surface area contributed by atoms with Crippen LogP contribution in [0.3, 0.4) is 0 Å². The number of rotatable bonds is 3. The second kappa shape index (κ2) is 5.88. The Morgan fingerprint density at radius 1 is 1.21 bits per heavy atom. The van der Waals surface area contributed by atoms with Gasteiger partial charge in [-0.25, -0.2) is 4.98 Å². The van der Waals surface area contributed by atoms with E-state index in [9.17, 15) is 18.0 Å². The number of amides is 1. The molecule has 5 nitrogen and oxygen atoms in total. The van der Waals surface area contributed by atoms with E-state index >= 15 is 0 Å². The molecule has 3 rings (SSSR count). The SMILES string of the molecule is Cn1cc(C(=O)Nc2ccc(OC(F)(F)F)cc2)c2cccnc21. The fourth-order valence-electron chi connectivity index (χ4n) is 2.33. The zero-order chi connectivity index (χ0) is 17.3. The topological polar surface area (TPSA) is 56.2 Å². The number of halogens is 3. The minimum absolute atomic E-state index is 0.352. The lowest BCUT2D eigenvalue weighted by atomic mass is 10.2. The molecule has 0 aliphatic heterocycles. The Morgan fingerprint density at radius 2 is 1.92 bits per heavy atom. The van der Waals surface area contributed by atoms with Crippen molar-refractivity contribution in [2.75, 3.05) is 5.32 Å². The molecule has 0 radical (unpaired) electrons. The van der Waals surface area contributed by atoms with E-state index < -0.39 is 6.36 Å². The molecular formula is C16H12F3N3O2. The normalized spacial score (nSPS) is 11.5. The van der Waals surface area contributed by atoms with E-state index in [0.717, 1.165) is 12.1 Å². The number of ether oxygens (including phenoxy) is 1. The number of pyridine rings is 1. The summed E-state index contributed by atoms with van der Waals surface area (Å²) >= 11 is 0. The number of aromatic nitrogens is 2. The van der Waals surface area contributed by atoms with Crippen molar-refractivity contribution in [2.45, 2.75) is 6.36 Å². The molecule has 24 heavy (non-hydrogen) atoms. The summed E-state index contributed by atoms with van der Waals surface area (Å²) in [6, 6.07) is 8.44. The van der Waals surface area contributed by atoms with Crippen LogP contribution in [0.2, 0.25) is 0 Å². The van der Waals surface area contributed by atoms with Crippen molar-refractivity contribution in [1.82, 2.24) is 9.55 Å². The summed E-state index contributed by atoms with van der Waals surface area (Å²) in [5.41, 5.74) is 1.45. The third-order valence-corrected chi connectivity index (χ3v) is 3.32. The molecule has 0 bridgehead atoms. The standard InChI is InChI=1S/C16H12F3N3O2/c1-22-9-13(12-3-2-8-20-14(12)22)15(23)21-10-4-6-11(7-5-10)24-16(17,18)19/h2-9H,1H3,(H,21,23). The maximum absolute atomic E-state index is 12.4. The van der Waals surface area contributed by atoms with E-state index in [1.54, 1.807) is 36.1 Å². The molecule has 0 saturated heterocycles. The number of aryl methyl sites for hydroxylation is 1. The van der Waals surface area contributed by atoms with E-state index in [4.69, 9.17) is 0 Å². The highest BCUT2D eigenvalue weighted by Crippen LogP contribution is 2.25. The molecule has 124 valence electrons. The molecule has 2 aromatic heterocycles. The molecule has 0 spiro atoms. The first kappa shape index (κ1) is 15.9. The number of fused-ring (bicyclic) bond motifs is 1. The molecule has 0 unspecified atom stereocenters. The van der Waals surface area contributed by atoms with Gasteiger partial charge in [0, 0.05) is 30.5 Å². The average Bonchev–Trinajstić information content (AvgIpc) is 2.86. The van der Waals surface area contributed by atoms with E-state index in [1.807, 2.05) is 0 Å². The van der Waals surface area contributed by atoms with Gasteiger partial charge in [0.2, 0.25) is 0 Å². The van der Waals surface area contributed by atoms with E-state index in [2.05, 4.69) is 15.0 Å². The van der Waals surface area contributed by atoms with Crippen LogP contribution in [0.5, 0.6) is 5.75 Å². The summed E-state index contributed by atoms with van der Waals surface area (Å²) in [5, 5.41) is 3.33. The first-order valence-electron chi connectivity index (χ1n) is 6.91. The van der Waals surface area contributed by atoms with Gasteiger partial charge in [-0.1, -0.05) is 0 Å². The first-order valence-corrected chi connectivity index (χ1v) is 6.91. The summed E-state index contributed by atoms with van der Waals surface area (Å²) in [6.45, 7) is 0. The molecule has 1 amide bonds. The predicted molar refractivity (Wildman–Crippen MR) is 81.8 cm³/mol. The lowest BCUT2D eigenvalue weighted by Gasteiger charge is -2.09. The summed E-state index contributed by atoms with van der Waals surface area (Å²) in [4.78, 5) is 16.6. The number of nitrogens with zero attached hydrogens (tertiary/aromatic N) is 2. The zero-order valence-corrected chi connectivity index (χ0v) is 12.5. The van der Waals surface area contributed by atoms with Crippen molar-refractivity contribution in [2.24, 2.45) is 7.05 Å². The molecular weight excluding hydrogens is 323 g/mol. The van der Waals surface area contributed by atoms with Crippen molar-refractivity contribution < 1.29 is 22.7 Å². The molecule has 0 aliphatic carbocycles. The van der Waals surface area contributed by atoms with Crippen molar-refractivity contribution in [1.29, 1.82) is 0 Å². The van der Waals surface area contributed by atoms with E-state index in [1.165, 1.54) is 12.1 Å². The van der Waals surface area contributed by atoms with Crippen LogP contribution in [0.15, 0.2) is 48.8 Å². The minimum Gasteiger partial charge on any atom is -0.406 e. The van der Waals surface area contributed by atoms with Gasteiger partial charge in [0.05, 0.1) is 5.56 Å². The van der Waals surface area contributed by atoms with Crippen molar-refractivity contribution in [3.05, 3.63) is 54.4 Å². The Morgan fingerprint density at radius 3 is 2.58 bits per heavy atom. The van der Waals surface area contributed by atoms with Gasteiger partial charge >= 0.3 is 6.36 Å². The van der Waals surface area contributed by atoms with Crippen LogP contribution in [0.4, 0.5) is 18.9 Å². The monoisotopic (exact) mass is 335 g/mol. The fraction of sp³-hybridized carbons (Fsp3) is 0.125. The zero-order valence-electron chi connectivity index (χ0n) is 12.5. The van der Waals surface area contributed by atoms with Crippen LogP contribution in [0, 0.1) is 0 Å². The number of alkyl halides is 3. The average molecular weight is 335 g/mol. The van der Waals surface area contributed by atoms with Crippen LogP contribution >= 0.6 is 0 Å². The van der Waals surface area contributed by atoms with E-state index in [0.29, 0.717) is 22.3 Å². The van der Waals surface area contributed by atoms with Crippen LogP contribution in [0.25, 0.3) is 11.0 Å². The van der Waals surface area contributed by atoms with Crippen molar-refractivity contribution in [3.8, 4) is 5.75 Å². The van der Waals surface area contributed by atoms with Gasteiger partial charge in [0.15, 0.2) is 0 Å². The second-order valence-corrected chi connectivity index (χ2v) is 5.05. The molecule has 0 fully saturated rings. The number of hydrogen-bond donors (Lipinski definition) is 1. The third-order valence-electron chi connectivity index (χ3n) is 3.32. The minimum atomic E-state index is -4.75. The summed E-state index contributed by atoms with van der Waals surface area (Å²) in [6.07, 6.45) is -1.47. The smallest absolute Gasteiger partial charge is 0.406 e. The quantitative estimate of drug-likeness (QED) is 0.793. The number of hydrogen-bond acceptors (Lipinski definition) is 3. The van der Waals surface area contributed by atoms with Gasteiger partial charge in [-0.15, -0.1) is 13.2 Å². The molecule has 8 heteroatoms. The summed E-state index contributed by atoms with van der Waals surface area (Å²) < 4.78 is 41.9. The first-order chi connectivity index (χ1) is 11.3. The maximum atomic E-state index is 12.4. The molecule has 1 aromatic carbocycles. The highest BCUT2D eigenvalue weighted by atomic mass is 19.4. The van der Waals surface area contributed by atoms with Crippen LogP contribution in [0.1, 0.15) is 10.4 Å². The highest BCUT2D eigenvalue weighted by molar-refractivity contribution is 6.12. The Hall–Kier alpha value is -3.03. The van der Waals surface area contributed by atoms with Gasteiger partial charge in [-0.3, -0.25) is 4.79 Å². The molecule has 2 heterocycles. The van der Waals surface area contributed by atoms with Gasteiger partial charge in [0.25, 0.3) is 5.91 Å². The van der Waals surface area contributed by atoms with E-state index in [-0.39, 0.29) is 11.7 Å². The number of carbonyl (C=O) groups excluding carboxylic acids is 1. The molecule has 3 aromatic rings. The number of nitrogens with one attached hydrogen (secondary N) is 1. The predicted octanol–water partition coefficient (Wildman–Crippen LogP) is 3.72. The Kier molecular flexibility index (Phi) is 3.88. The Balaban J connectivity index is 1.79. The third kappa shape index (κ3) is 3.32.